The van der Waals surface area contributed by atoms with Gasteiger partial charge in [-0.15, -0.1) is 0 Å². The van der Waals surface area contributed by atoms with Crippen molar-refractivity contribution in [1.82, 2.24) is 5.32 Å². The molecule has 0 aromatic heterocycles. The molecule has 29 heavy (non-hydrogen) atoms. The molecule has 1 N–H and O–H groups in total. The van der Waals surface area contributed by atoms with Gasteiger partial charge in [0, 0.05) is 6.54 Å². The minimum absolute atomic E-state index is 0.0851. The van der Waals surface area contributed by atoms with Gasteiger partial charge in [-0.3, -0.25) is 4.79 Å². The number of carbonyl (C=O) groups excluding carboxylic acids is 1. The fourth-order valence-corrected chi connectivity index (χ4v) is 3.16. The maximum Gasteiger partial charge on any atom is 0.260 e. The third-order valence-electron chi connectivity index (χ3n) is 4.68. The lowest BCUT2D eigenvalue weighted by Gasteiger charge is -2.19. The summed E-state index contributed by atoms with van der Waals surface area (Å²) in [4.78, 5) is 12.4. The molecule has 2 rings (SSSR count). The first-order valence-electron chi connectivity index (χ1n) is 10.6. The van der Waals surface area contributed by atoms with E-state index in [1.807, 2.05) is 39.0 Å². The van der Waals surface area contributed by atoms with E-state index in [0.29, 0.717) is 12.5 Å². The predicted octanol–water partition coefficient (Wildman–Crippen LogP) is 5.42. The maximum atomic E-state index is 12.4. The lowest BCUT2D eigenvalue weighted by molar-refractivity contribution is -0.127. The molecule has 0 aliphatic heterocycles. The minimum Gasteiger partial charge on any atom is -0.491 e. The second-order valence-corrected chi connectivity index (χ2v) is 8.16. The van der Waals surface area contributed by atoms with Crippen molar-refractivity contribution >= 4 is 5.91 Å². The van der Waals surface area contributed by atoms with E-state index in [9.17, 15) is 4.79 Å². The zero-order valence-corrected chi connectivity index (χ0v) is 18.6. The Balaban J connectivity index is 1.82. The van der Waals surface area contributed by atoms with E-state index >= 15 is 0 Å². The lowest BCUT2D eigenvalue weighted by atomic mass is 10.0. The highest BCUT2D eigenvalue weighted by Gasteiger charge is 2.17. The van der Waals surface area contributed by atoms with Gasteiger partial charge < -0.3 is 14.8 Å². The molecule has 0 saturated heterocycles. The van der Waals surface area contributed by atoms with Crippen molar-refractivity contribution in [1.29, 1.82) is 0 Å². The molecule has 0 heterocycles. The molecule has 0 spiro atoms. The monoisotopic (exact) mass is 397 g/mol. The molecule has 4 heteroatoms. The van der Waals surface area contributed by atoms with E-state index in [1.165, 1.54) is 5.56 Å². The highest BCUT2D eigenvalue weighted by molar-refractivity contribution is 5.80. The van der Waals surface area contributed by atoms with E-state index < -0.39 is 6.10 Å². The van der Waals surface area contributed by atoms with Gasteiger partial charge in [0.1, 0.15) is 11.5 Å². The van der Waals surface area contributed by atoms with Crippen molar-refractivity contribution in [2.75, 3.05) is 6.54 Å². The minimum atomic E-state index is -0.530. The van der Waals surface area contributed by atoms with Crippen LogP contribution in [-0.2, 0) is 11.2 Å². The predicted molar refractivity (Wildman–Crippen MR) is 119 cm³/mol. The SMILES string of the molecule is Cc1ccc(C(C)C)c(O[C@@H](C)C(=O)NCCCc2cccc(OC(C)C)c2)c1. The summed E-state index contributed by atoms with van der Waals surface area (Å²) in [6, 6.07) is 14.3. The van der Waals surface area contributed by atoms with Gasteiger partial charge in [-0.25, -0.2) is 0 Å². The summed E-state index contributed by atoms with van der Waals surface area (Å²) >= 11 is 0. The van der Waals surface area contributed by atoms with Crippen molar-refractivity contribution in [3.8, 4) is 11.5 Å². The largest absolute Gasteiger partial charge is 0.491 e. The Kier molecular flexibility index (Phi) is 8.56. The highest BCUT2D eigenvalue weighted by Crippen LogP contribution is 2.28. The Morgan fingerprint density at radius 1 is 1.00 bits per heavy atom. The summed E-state index contributed by atoms with van der Waals surface area (Å²) in [6.07, 6.45) is 1.39. The first-order chi connectivity index (χ1) is 13.8. The first-order valence-corrected chi connectivity index (χ1v) is 10.6. The number of nitrogens with one attached hydrogen (secondary N) is 1. The molecule has 2 aromatic carbocycles. The van der Waals surface area contributed by atoms with Crippen LogP contribution in [-0.4, -0.2) is 24.7 Å². The zero-order chi connectivity index (χ0) is 21.4. The molecule has 0 radical (unpaired) electrons. The van der Waals surface area contributed by atoms with Crippen LogP contribution >= 0.6 is 0 Å². The Morgan fingerprint density at radius 2 is 1.76 bits per heavy atom. The molecule has 0 fully saturated rings. The van der Waals surface area contributed by atoms with Gasteiger partial charge in [0.25, 0.3) is 5.91 Å². The van der Waals surface area contributed by atoms with Crippen LogP contribution in [0.15, 0.2) is 42.5 Å². The van der Waals surface area contributed by atoms with Crippen molar-refractivity contribution in [3.05, 3.63) is 59.2 Å². The fourth-order valence-electron chi connectivity index (χ4n) is 3.16. The van der Waals surface area contributed by atoms with Crippen LogP contribution in [0.4, 0.5) is 0 Å². The van der Waals surface area contributed by atoms with Crippen LogP contribution in [0, 0.1) is 6.92 Å². The molecular formula is C25H35NO3. The van der Waals surface area contributed by atoms with Crippen molar-refractivity contribution in [3.63, 3.8) is 0 Å². The number of carbonyl (C=O) groups is 1. The average Bonchev–Trinajstić information content (AvgIpc) is 2.64. The number of aryl methyl sites for hydroxylation is 2. The lowest BCUT2D eigenvalue weighted by Crippen LogP contribution is -2.37. The van der Waals surface area contributed by atoms with Crippen molar-refractivity contribution in [2.24, 2.45) is 0 Å². The molecule has 1 atom stereocenters. The van der Waals surface area contributed by atoms with Crippen LogP contribution in [0.5, 0.6) is 11.5 Å². The van der Waals surface area contributed by atoms with E-state index in [-0.39, 0.29) is 12.0 Å². The molecule has 0 unspecified atom stereocenters. The van der Waals surface area contributed by atoms with Gasteiger partial charge in [0.15, 0.2) is 6.10 Å². The normalized spacial score (nSPS) is 12.1. The third-order valence-corrected chi connectivity index (χ3v) is 4.68. The highest BCUT2D eigenvalue weighted by atomic mass is 16.5. The topological polar surface area (TPSA) is 47.6 Å². The second-order valence-electron chi connectivity index (χ2n) is 8.16. The molecule has 0 saturated carbocycles. The average molecular weight is 398 g/mol. The first kappa shape index (κ1) is 22.8. The molecule has 0 aliphatic rings. The maximum absolute atomic E-state index is 12.4. The molecule has 4 nitrogen and oxygen atoms in total. The fraction of sp³-hybridized carbons (Fsp3) is 0.480. The van der Waals surface area contributed by atoms with Crippen LogP contribution in [0.1, 0.15) is 63.6 Å². The van der Waals surface area contributed by atoms with Crippen molar-refractivity contribution in [2.45, 2.75) is 72.5 Å². The van der Waals surface area contributed by atoms with Crippen molar-refractivity contribution < 1.29 is 14.3 Å². The quantitative estimate of drug-likeness (QED) is 0.544. The molecule has 1 amide bonds. The molecule has 0 bridgehead atoms. The van der Waals surface area contributed by atoms with Gasteiger partial charge in [-0.2, -0.15) is 0 Å². The molecule has 0 aliphatic carbocycles. The number of hydrogen-bond acceptors (Lipinski definition) is 3. The van der Waals surface area contributed by atoms with Gasteiger partial charge in [0.2, 0.25) is 0 Å². The molecule has 158 valence electrons. The summed E-state index contributed by atoms with van der Waals surface area (Å²) < 4.78 is 11.7. The van der Waals surface area contributed by atoms with Gasteiger partial charge >= 0.3 is 0 Å². The Morgan fingerprint density at radius 3 is 2.45 bits per heavy atom. The van der Waals surface area contributed by atoms with Gasteiger partial charge in [-0.05, 0) is 81.3 Å². The Hall–Kier alpha value is -2.49. The zero-order valence-electron chi connectivity index (χ0n) is 18.6. The van der Waals surface area contributed by atoms with Crippen LogP contribution < -0.4 is 14.8 Å². The van der Waals surface area contributed by atoms with Crippen LogP contribution in [0.25, 0.3) is 0 Å². The number of ether oxygens (including phenoxy) is 2. The summed E-state index contributed by atoms with van der Waals surface area (Å²) in [6.45, 7) is 12.7. The van der Waals surface area contributed by atoms with E-state index in [4.69, 9.17) is 9.47 Å². The molecule has 2 aromatic rings. The van der Waals surface area contributed by atoms with E-state index in [2.05, 4.69) is 43.4 Å². The summed E-state index contributed by atoms with van der Waals surface area (Å²) in [7, 11) is 0. The Bertz CT molecular complexity index is 798. The van der Waals surface area contributed by atoms with Crippen LogP contribution in [0.3, 0.4) is 0 Å². The molecular weight excluding hydrogens is 362 g/mol. The summed E-state index contributed by atoms with van der Waals surface area (Å²) in [5.41, 5.74) is 3.46. The smallest absolute Gasteiger partial charge is 0.260 e. The standard InChI is InChI=1S/C25H35NO3/c1-17(2)23-13-12-19(5)15-24(23)29-20(6)25(27)26-14-8-10-21-9-7-11-22(16-21)28-18(3)4/h7,9,11-13,15-18,20H,8,10,14H2,1-6H3,(H,26,27)/t20-/m0/s1. The van der Waals surface area contributed by atoms with E-state index in [0.717, 1.165) is 35.5 Å². The summed E-state index contributed by atoms with van der Waals surface area (Å²) in [5.74, 6) is 1.95. The Labute approximate surface area is 175 Å². The number of benzene rings is 2. The summed E-state index contributed by atoms with van der Waals surface area (Å²) in [5, 5.41) is 2.99. The van der Waals surface area contributed by atoms with Crippen LogP contribution in [0.2, 0.25) is 0 Å². The van der Waals surface area contributed by atoms with Gasteiger partial charge in [-0.1, -0.05) is 38.1 Å². The number of rotatable bonds is 10. The second kappa shape index (κ2) is 10.9. The number of hydrogen-bond donors (Lipinski definition) is 1. The number of amides is 1. The third kappa shape index (κ3) is 7.45. The van der Waals surface area contributed by atoms with E-state index in [1.54, 1.807) is 6.92 Å². The van der Waals surface area contributed by atoms with Gasteiger partial charge in [0.05, 0.1) is 6.10 Å².